The van der Waals surface area contributed by atoms with Crippen LogP contribution in [0, 0.1) is 12.3 Å². The highest BCUT2D eigenvalue weighted by molar-refractivity contribution is 5.79. The van der Waals surface area contributed by atoms with Crippen LogP contribution in [-0.4, -0.2) is 47.5 Å². The Hall–Kier alpha value is -1.63. The summed E-state index contributed by atoms with van der Waals surface area (Å²) < 4.78 is 7.47. The van der Waals surface area contributed by atoms with Crippen molar-refractivity contribution in [3.05, 3.63) is 11.6 Å². The van der Waals surface area contributed by atoms with Gasteiger partial charge in [-0.05, 0) is 12.3 Å². The number of aliphatic imine (C=N–C) groups is 1. The number of aryl methyl sites for hydroxylation is 1. The summed E-state index contributed by atoms with van der Waals surface area (Å²) in [6.45, 7) is 9.65. The molecule has 0 bridgehead atoms. The van der Waals surface area contributed by atoms with Crippen molar-refractivity contribution in [1.29, 1.82) is 0 Å². The second-order valence-electron chi connectivity index (χ2n) is 6.12. The molecule has 1 atom stereocenters. The van der Waals surface area contributed by atoms with E-state index >= 15 is 0 Å². The average molecular weight is 296 g/mol. The van der Waals surface area contributed by atoms with Crippen LogP contribution in [0.5, 0.6) is 0 Å². The Morgan fingerprint density at radius 3 is 2.43 bits per heavy atom. The first kappa shape index (κ1) is 17.4. The predicted molar refractivity (Wildman–Crippen MR) is 84.2 cm³/mol. The Morgan fingerprint density at radius 2 is 2.00 bits per heavy atom. The van der Waals surface area contributed by atoms with Crippen LogP contribution in [0.15, 0.2) is 4.99 Å². The number of aromatic nitrogens is 3. The van der Waals surface area contributed by atoms with E-state index in [1.54, 1.807) is 14.2 Å². The van der Waals surface area contributed by atoms with E-state index in [9.17, 15) is 0 Å². The fourth-order valence-electron chi connectivity index (χ4n) is 1.92. The van der Waals surface area contributed by atoms with Crippen molar-refractivity contribution >= 4 is 5.96 Å². The summed E-state index contributed by atoms with van der Waals surface area (Å²) in [7, 11) is 5.43. The number of rotatable bonds is 5. The molecule has 0 aliphatic carbocycles. The van der Waals surface area contributed by atoms with Crippen molar-refractivity contribution in [1.82, 2.24) is 25.4 Å². The zero-order valence-electron chi connectivity index (χ0n) is 14.2. The standard InChI is InChI=1S/C14H28N6O/c1-10-18-19-12(20(10)6)9-17-13(15-5)16-8-11(21-7)14(2,3)4/h11H,8-9H2,1-7H3,(H2,15,16,17). The van der Waals surface area contributed by atoms with Gasteiger partial charge < -0.3 is 19.9 Å². The van der Waals surface area contributed by atoms with Crippen molar-refractivity contribution < 1.29 is 4.74 Å². The van der Waals surface area contributed by atoms with Gasteiger partial charge in [0.1, 0.15) is 5.82 Å². The van der Waals surface area contributed by atoms with Crippen molar-refractivity contribution in [2.24, 2.45) is 17.5 Å². The van der Waals surface area contributed by atoms with Gasteiger partial charge in [0.15, 0.2) is 11.8 Å². The molecular weight excluding hydrogens is 268 g/mol. The summed E-state index contributed by atoms with van der Waals surface area (Å²) in [5, 5.41) is 14.7. The number of methoxy groups -OCH3 is 1. The van der Waals surface area contributed by atoms with E-state index in [0.29, 0.717) is 13.1 Å². The third-order valence-corrected chi connectivity index (χ3v) is 3.53. The van der Waals surface area contributed by atoms with Gasteiger partial charge in [-0.15, -0.1) is 10.2 Å². The molecule has 1 heterocycles. The van der Waals surface area contributed by atoms with E-state index in [4.69, 9.17) is 4.74 Å². The maximum atomic E-state index is 5.52. The molecule has 0 saturated heterocycles. The van der Waals surface area contributed by atoms with Gasteiger partial charge in [-0.25, -0.2) is 0 Å². The van der Waals surface area contributed by atoms with Gasteiger partial charge >= 0.3 is 0 Å². The Morgan fingerprint density at radius 1 is 1.33 bits per heavy atom. The SMILES string of the molecule is CN=C(NCc1nnc(C)n1C)NCC(OC)C(C)(C)C. The maximum absolute atomic E-state index is 5.52. The topological polar surface area (TPSA) is 76.4 Å². The molecular formula is C14H28N6O. The number of nitrogens with zero attached hydrogens (tertiary/aromatic N) is 4. The maximum Gasteiger partial charge on any atom is 0.191 e. The third-order valence-electron chi connectivity index (χ3n) is 3.53. The molecule has 1 aromatic heterocycles. The highest BCUT2D eigenvalue weighted by Crippen LogP contribution is 2.20. The normalized spacial score (nSPS) is 14.1. The number of hydrogen-bond donors (Lipinski definition) is 2. The van der Waals surface area contributed by atoms with Gasteiger partial charge in [-0.1, -0.05) is 20.8 Å². The second-order valence-corrected chi connectivity index (χ2v) is 6.12. The lowest BCUT2D eigenvalue weighted by molar-refractivity contribution is 0.0205. The molecule has 0 fully saturated rings. The molecule has 21 heavy (non-hydrogen) atoms. The van der Waals surface area contributed by atoms with Crippen LogP contribution in [0.25, 0.3) is 0 Å². The highest BCUT2D eigenvalue weighted by Gasteiger charge is 2.24. The van der Waals surface area contributed by atoms with Crippen LogP contribution in [0.4, 0.5) is 0 Å². The Balaban J connectivity index is 2.51. The smallest absolute Gasteiger partial charge is 0.191 e. The molecule has 0 amide bonds. The minimum absolute atomic E-state index is 0.0707. The van der Waals surface area contributed by atoms with Crippen molar-refractivity contribution in [2.75, 3.05) is 20.7 Å². The summed E-state index contributed by atoms with van der Waals surface area (Å²) in [4.78, 5) is 4.21. The molecule has 1 unspecified atom stereocenters. The molecule has 7 nitrogen and oxygen atoms in total. The molecule has 0 aliphatic rings. The van der Waals surface area contributed by atoms with E-state index in [1.807, 2.05) is 18.5 Å². The Bertz CT molecular complexity index is 474. The lowest BCUT2D eigenvalue weighted by atomic mass is 9.89. The summed E-state index contributed by atoms with van der Waals surface area (Å²) in [5.74, 6) is 2.48. The average Bonchev–Trinajstić information content (AvgIpc) is 2.73. The zero-order valence-corrected chi connectivity index (χ0v) is 14.2. The molecule has 1 aromatic rings. The second kappa shape index (κ2) is 7.40. The van der Waals surface area contributed by atoms with E-state index in [0.717, 1.165) is 17.6 Å². The van der Waals surface area contributed by atoms with Gasteiger partial charge in [-0.3, -0.25) is 4.99 Å². The molecule has 0 spiro atoms. The zero-order chi connectivity index (χ0) is 16.0. The van der Waals surface area contributed by atoms with Gasteiger partial charge in [-0.2, -0.15) is 0 Å². The molecule has 1 rings (SSSR count). The monoisotopic (exact) mass is 296 g/mol. The van der Waals surface area contributed by atoms with Gasteiger partial charge in [0.05, 0.1) is 12.6 Å². The van der Waals surface area contributed by atoms with Crippen LogP contribution in [0.3, 0.4) is 0 Å². The van der Waals surface area contributed by atoms with Crippen LogP contribution < -0.4 is 10.6 Å². The summed E-state index contributed by atoms with van der Waals surface area (Å²) in [6, 6.07) is 0. The first-order valence-corrected chi connectivity index (χ1v) is 7.11. The minimum atomic E-state index is 0.0707. The predicted octanol–water partition coefficient (Wildman–Crippen LogP) is 0.850. The van der Waals surface area contributed by atoms with Gasteiger partial charge in [0.2, 0.25) is 0 Å². The van der Waals surface area contributed by atoms with E-state index in [2.05, 4.69) is 46.6 Å². The number of guanidine groups is 1. The number of hydrogen-bond acceptors (Lipinski definition) is 4. The molecule has 0 saturated carbocycles. The fourth-order valence-corrected chi connectivity index (χ4v) is 1.92. The van der Waals surface area contributed by atoms with Gasteiger partial charge in [0.25, 0.3) is 0 Å². The van der Waals surface area contributed by atoms with Crippen LogP contribution in [-0.2, 0) is 18.3 Å². The molecule has 0 radical (unpaired) electrons. The lowest BCUT2D eigenvalue weighted by Gasteiger charge is -2.30. The Labute approximate surface area is 127 Å². The first-order chi connectivity index (χ1) is 9.79. The lowest BCUT2D eigenvalue weighted by Crippen LogP contribution is -2.45. The summed E-state index contributed by atoms with van der Waals surface area (Å²) in [6.07, 6.45) is 0.105. The molecule has 2 N–H and O–H groups in total. The van der Waals surface area contributed by atoms with E-state index in [-0.39, 0.29) is 11.5 Å². The first-order valence-electron chi connectivity index (χ1n) is 7.11. The third kappa shape index (κ3) is 5.00. The van der Waals surface area contributed by atoms with E-state index in [1.165, 1.54) is 0 Å². The molecule has 120 valence electrons. The van der Waals surface area contributed by atoms with Crippen molar-refractivity contribution in [3.63, 3.8) is 0 Å². The summed E-state index contributed by atoms with van der Waals surface area (Å²) in [5.41, 5.74) is 0.0707. The van der Waals surface area contributed by atoms with Gasteiger partial charge in [0, 0.05) is 27.7 Å². The quantitative estimate of drug-likeness (QED) is 0.622. The molecule has 0 aliphatic heterocycles. The fraction of sp³-hybridized carbons (Fsp3) is 0.786. The number of ether oxygens (including phenoxy) is 1. The largest absolute Gasteiger partial charge is 0.379 e. The Kier molecular flexibility index (Phi) is 6.14. The number of nitrogens with one attached hydrogen (secondary N) is 2. The van der Waals surface area contributed by atoms with Crippen molar-refractivity contribution in [2.45, 2.75) is 40.3 Å². The molecule has 0 aromatic carbocycles. The van der Waals surface area contributed by atoms with E-state index < -0.39 is 0 Å². The van der Waals surface area contributed by atoms with Crippen LogP contribution in [0.1, 0.15) is 32.4 Å². The summed E-state index contributed by atoms with van der Waals surface area (Å²) >= 11 is 0. The van der Waals surface area contributed by atoms with Crippen molar-refractivity contribution in [3.8, 4) is 0 Å². The minimum Gasteiger partial charge on any atom is -0.379 e. The molecule has 7 heteroatoms. The van der Waals surface area contributed by atoms with Crippen LogP contribution in [0.2, 0.25) is 0 Å². The van der Waals surface area contributed by atoms with Crippen LogP contribution >= 0.6 is 0 Å². The highest BCUT2D eigenvalue weighted by atomic mass is 16.5.